The van der Waals surface area contributed by atoms with Gasteiger partial charge in [0.25, 0.3) is 5.56 Å². The molecule has 1 aromatic carbocycles. The molecule has 2 heterocycles. The predicted molar refractivity (Wildman–Crippen MR) is 117 cm³/mol. The second-order valence-corrected chi connectivity index (χ2v) is 7.38. The van der Waals surface area contributed by atoms with E-state index in [2.05, 4.69) is 10.3 Å². The van der Waals surface area contributed by atoms with Crippen LogP contribution in [0.15, 0.2) is 40.5 Å². The molecule has 3 aromatic rings. The number of anilines is 1. The first-order valence-corrected chi connectivity index (χ1v) is 10.7. The molecule has 2 aromatic heterocycles. The average molecular weight is 415 g/mol. The van der Waals surface area contributed by atoms with Crippen molar-refractivity contribution in [1.29, 1.82) is 0 Å². The molecule has 0 aliphatic carbocycles. The van der Waals surface area contributed by atoms with Crippen molar-refractivity contribution in [1.82, 2.24) is 14.9 Å². The van der Waals surface area contributed by atoms with Gasteiger partial charge in [0, 0.05) is 19.6 Å². The number of thiophene rings is 1. The fraction of sp³-hybridized carbons (Fsp3) is 0.381. The highest BCUT2D eigenvalue weighted by molar-refractivity contribution is 7.17. The SMILES string of the molecule is CCOc1cccc(CNC(=O)Cn2c(N(CC)CC)nc3ccsc3c2=O)c1. The van der Waals surface area contributed by atoms with Crippen LogP contribution in [0.25, 0.3) is 10.2 Å². The van der Waals surface area contributed by atoms with Crippen molar-refractivity contribution in [3.8, 4) is 5.75 Å². The lowest BCUT2D eigenvalue weighted by Crippen LogP contribution is -2.37. The summed E-state index contributed by atoms with van der Waals surface area (Å²) in [6.45, 7) is 8.21. The average Bonchev–Trinajstić information content (AvgIpc) is 3.19. The molecule has 0 saturated carbocycles. The van der Waals surface area contributed by atoms with Crippen molar-refractivity contribution in [3.63, 3.8) is 0 Å². The maximum absolute atomic E-state index is 13.0. The zero-order valence-electron chi connectivity index (χ0n) is 17.0. The lowest BCUT2D eigenvalue weighted by molar-refractivity contribution is -0.121. The van der Waals surface area contributed by atoms with E-state index < -0.39 is 0 Å². The van der Waals surface area contributed by atoms with Gasteiger partial charge in [-0.05, 0) is 49.9 Å². The lowest BCUT2D eigenvalue weighted by Gasteiger charge is -2.23. The van der Waals surface area contributed by atoms with Gasteiger partial charge < -0.3 is 15.0 Å². The number of fused-ring (bicyclic) bond motifs is 1. The summed E-state index contributed by atoms with van der Waals surface area (Å²) in [4.78, 5) is 32.2. The molecular formula is C21H26N4O3S. The Morgan fingerprint density at radius 2 is 2.03 bits per heavy atom. The van der Waals surface area contributed by atoms with Crippen LogP contribution in [-0.2, 0) is 17.9 Å². The van der Waals surface area contributed by atoms with Gasteiger partial charge >= 0.3 is 0 Å². The number of ether oxygens (including phenoxy) is 1. The van der Waals surface area contributed by atoms with E-state index >= 15 is 0 Å². The van der Waals surface area contributed by atoms with Gasteiger partial charge in [0.2, 0.25) is 11.9 Å². The molecular weight excluding hydrogens is 388 g/mol. The van der Waals surface area contributed by atoms with Crippen molar-refractivity contribution in [2.75, 3.05) is 24.6 Å². The van der Waals surface area contributed by atoms with Crippen LogP contribution in [0.2, 0.25) is 0 Å². The summed E-state index contributed by atoms with van der Waals surface area (Å²) in [5.41, 5.74) is 1.43. The molecule has 1 N–H and O–H groups in total. The Hall–Kier alpha value is -2.87. The fourth-order valence-corrected chi connectivity index (χ4v) is 3.91. The molecule has 0 atom stereocenters. The Balaban J connectivity index is 1.80. The lowest BCUT2D eigenvalue weighted by atomic mass is 10.2. The van der Waals surface area contributed by atoms with Crippen molar-refractivity contribution in [2.24, 2.45) is 0 Å². The third-order valence-corrected chi connectivity index (χ3v) is 5.48. The van der Waals surface area contributed by atoms with E-state index in [9.17, 15) is 9.59 Å². The van der Waals surface area contributed by atoms with Gasteiger partial charge in [-0.1, -0.05) is 12.1 Å². The van der Waals surface area contributed by atoms with E-state index in [1.807, 2.05) is 61.4 Å². The highest BCUT2D eigenvalue weighted by Gasteiger charge is 2.18. The number of nitrogens with zero attached hydrogens (tertiary/aromatic N) is 3. The number of benzene rings is 1. The van der Waals surface area contributed by atoms with E-state index in [0.717, 1.165) is 11.3 Å². The zero-order valence-corrected chi connectivity index (χ0v) is 17.8. The Bertz CT molecular complexity index is 1040. The number of nitrogens with one attached hydrogen (secondary N) is 1. The highest BCUT2D eigenvalue weighted by atomic mass is 32.1. The normalized spacial score (nSPS) is 10.9. The smallest absolute Gasteiger partial charge is 0.273 e. The number of carbonyl (C=O) groups excluding carboxylic acids is 1. The van der Waals surface area contributed by atoms with Crippen LogP contribution in [0.1, 0.15) is 26.3 Å². The molecule has 8 heteroatoms. The molecule has 0 aliphatic heterocycles. The Morgan fingerprint density at radius 3 is 2.76 bits per heavy atom. The van der Waals surface area contributed by atoms with Crippen molar-refractivity contribution in [2.45, 2.75) is 33.9 Å². The molecule has 3 rings (SSSR count). The van der Waals surface area contributed by atoms with Crippen LogP contribution < -0.4 is 20.5 Å². The van der Waals surface area contributed by atoms with Crippen LogP contribution in [-0.4, -0.2) is 35.2 Å². The molecule has 0 saturated heterocycles. The Morgan fingerprint density at radius 1 is 1.24 bits per heavy atom. The number of carbonyl (C=O) groups is 1. The van der Waals surface area contributed by atoms with Crippen LogP contribution in [0.5, 0.6) is 5.75 Å². The molecule has 1 amide bonds. The molecule has 154 valence electrons. The van der Waals surface area contributed by atoms with Gasteiger partial charge in [0.05, 0.1) is 12.1 Å². The van der Waals surface area contributed by atoms with E-state index in [4.69, 9.17) is 4.74 Å². The Labute approximate surface area is 173 Å². The standard InChI is InChI=1S/C21H26N4O3S/c1-4-24(5-2)21-23-17-10-11-29-19(17)20(27)25(21)14-18(26)22-13-15-8-7-9-16(12-15)28-6-3/h7-12H,4-6,13-14H2,1-3H3,(H,22,26). The number of aromatic nitrogens is 2. The first-order chi connectivity index (χ1) is 14.1. The highest BCUT2D eigenvalue weighted by Crippen LogP contribution is 2.19. The number of hydrogen-bond acceptors (Lipinski definition) is 6. The fourth-order valence-electron chi connectivity index (χ4n) is 3.13. The van der Waals surface area contributed by atoms with Gasteiger partial charge in [-0.25, -0.2) is 4.98 Å². The number of hydrogen-bond donors (Lipinski definition) is 1. The van der Waals surface area contributed by atoms with Crippen molar-refractivity contribution >= 4 is 33.4 Å². The summed E-state index contributed by atoms with van der Waals surface area (Å²) < 4.78 is 7.53. The topological polar surface area (TPSA) is 76.5 Å². The summed E-state index contributed by atoms with van der Waals surface area (Å²) in [5, 5.41) is 4.74. The van der Waals surface area contributed by atoms with Crippen LogP contribution in [0.4, 0.5) is 5.95 Å². The van der Waals surface area contributed by atoms with Gasteiger partial charge in [-0.15, -0.1) is 11.3 Å². The van der Waals surface area contributed by atoms with Gasteiger partial charge in [-0.2, -0.15) is 0 Å². The molecule has 0 bridgehead atoms. The second kappa shape index (κ2) is 9.56. The van der Waals surface area contributed by atoms with E-state index in [-0.39, 0.29) is 18.0 Å². The van der Waals surface area contributed by atoms with Crippen LogP contribution in [0.3, 0.4) is 0 Å². The molecule has 7 nitrogen and oxygen atoms in total. The van der Waals surface area contributed by atoms with E-state index in [0.29, 0.717) is 42.4 Å². The first kappa shape index (κ1) is 20.9. The molecule has 0 fully saturated rings. The maximum atomic E-state index is 13.0. The minimum atomic E-state index is -0.236. The van der Waals surface area contributed by atoms with Crippen LogP contribution in [0, 0.1) is 0 Å². The van der Waals surface area contributed by atoms with E-state index in [1.165, 1.54) is 15.9 Å². The third-order valence-electron chi connectivity index (χ3n) is 4.59. The number of rotatable bonds is 9. The quantitative estimate of drug-likeness (QED) is 0.582. The number of amides is 1. The van der Waals surface area contributed by atoms with Crippen LogP contribution >= 0.6 is 11.3 Å². The third kappa shape index (κ3) is 4.76. The van der Waals surface area contributed by atoms with Crippen molar-refractivity contribution in [3.05, 3.63) is 51.6 Å². The monoisotopic (exact) mass is 414 g/mol. The molecule has 0 spiro atoms. The molecule has 29 heavy (non-hydrogen) atoms. The molecule has 0 aliphatic rings. The zero-order chi connectivity index (χ0) is 20.8. The predicted octanol–water partition coefficient (Wildman–Crippen LogP) is 3.02. The van der Waals surface area contributed by atoms with E-state index in [1.54, 1.807) is 0 Å². The Kier molecular flexibility index (Phi) is 6.87. The van der Waals surface area contributed by atoms with Gasteiger partial charge in [0.1, 0.15) is 17.0 Å². The second-order valence-electron chi connectivity index (χ2n) is 6.47. The summed E-state index contributed by atoms with van der Waals surface area (Å²) in [5.74, 6) is 1.06. The molecule has 0 unspecified atom stereocenters. The minimum absolute atomic E-state index is 0.0728. The maximum Gasteiger partial charge on any atom is 0.273 e. The first-order valence-electron chi connectivity index (χ1n) is 9.78. The summed E-state index contributed by atoms with van der Waals surface area (Å²) >= 11 is 1.35. The van der Waals surface area contributed by atoms with Crippen molar-refractivity contribution < 1.29 is 9.53 Å². The van der Waals surface area contributed by atoms with Gasteiger partial charge in [-0.3, -0.25) is 14.2 Å². The summed E-state index contributed by atoms with van der Waals surface area (Å²) in [7, 11) is 0. The summed E-state index contributed by atoms with van der Waals surface area (Å²) in [6.07, 6.45) is 0. The molecule has 0 radical (unpaired) electrons. The largest absolute Gasteiger partial charge is 0.494 e. The summed E-state index contributed by atoms with van der Waals surface area (Å²) in [6, 6.07) is 9.44. The van der Waals surface area contributed by atoms with Gasteiger partial charge in [0.15, 0.2) is 0 Å². The minimum Gasteiger partial charge on any atom is -0.494 e.